The lowest BCUT2D eigenvalue weighted by atomic mass is 9.73. The third-order valence-electron chi connectivity index (χ3n) is 6.70. The summed E-state index contributed by atoms with van der Waals surface area (Å²) in [6.45, 7) is 6.50. The molecule has 4 rings (SSSR count). The van der Waals surface area contributed by atoms with Gasteiger partial charge in [0.1, 0.15) is 5.75 Å². The molecule has 1 saturated heterocycles. The maximum absolute atomic E-state index is 12.5. The number of hydrogen-bond acceptors (Lipinski definition) is 4. The summed E-state index contributed by atoms with van der Waals surface area (Å²) >= 11 is 6.22. The Hall–Kier alpha value is -2.37. The molecule has 34 heavy (non-hydrogen) atoms. The standard InChI is InChI=1S/C29H34ClNO3/c1-2-34-27-14-10-25(11-15-27)29(32,17-16-23-6-4-3-5-7-23)28(22-31-18-20-33-21-19-31)24-8-12-26(30)13-9-24/h3-15,28,32H,2,16-22H2,1H3/t28-,29+/m1/s1. The van der Waals surface area contributed by atoms with Crippen LogP contribution in [0.3, 0.4) is 0 Å². The van der Waals surface area contributed by atoms with Crippen molar-refractivity contribution in [2.45, 2.75) is 31.3 Å². The van der Waals surface area contributed by atoms with Crippen molar-refractivity contribution in [3.63, 3.8) is 0 Å². The van der Waals surface area contributed by atoms with Crippen LogP contribution in [0.25, 0.3) is 0 Å². The molecule has 4 nitrogen and oxygen atoms in total. The highest BCUT2D eigenvalue weighted by molar-refractivity contribution is 6.30. The molecule has 0 spiro atoms. The maximum atomic E-state index is 12.5. The average molecular weight is 480 g/mol. The number of aryl methyl sites for hydroxylation is 1. The van der Waals surface area contributed by atoms with Gasteiger partial charge in [-0.3, -0.25) is 4.90 Å². The number of benzene rings is 3. The van der Waals surface area contributed by atoms with Crippen LogP contribution >= 0.6 is 11.6 Å². The third-order valence-corrected chi connectivity index (χ3v) is 6.95. The van der Waals surface area contributed by atoms with E-state index in [0.29, 0.717) is 18.1 Å². The van der Waals surface area contributed by atoms with E-state index in [2.05, 4.69) is 41.3 Å². The quantitative estimate of drug-likeness (QED) is 0.406. The summed E-state index contributed by atoms with van der Waals surface area (Å²) < 4.78 is 11.2. The van der Waals surface area contributed by atoms with Gasteiger partial charge in [-0.1, -0.05) is 66.2 Å². The molecule has 0 bridgehead atoms. The first-order valence-electron chi connectivity index (χ1n) is 12.1. The van der Waals surface area contributed by atoms with E-state index in [9.17, 15) is 5.11 Å². The highest BCUT2D eigenvalue weighted by atomic mass is 35.5. The Morgan fingerprint density at radius 3 is 2.29 bits per heavy atom. The number of hydrogen-bond donors (Lipinski definition) is 1. The fourth-order valence-electron chi connectivity index (χ4n) is 4.77. The lowest BCUT2D eigenvalue weighted by Crippen LogP contribution is -2.45. The number of rotatable bonds is 10. The van der Waals surface area contributed by atoms with Gasteiger partial charge in [0, 0.05) is 30.6 Å². The van der Waals surface area contributed by atoms with Gasteiger partial charge in [-0.05, 0) is 60.7 Å². The number of aliphatic hydroxyl groups is 1. The van der Waals surface area contributed by atoms with E-state index in [1.54, 1.807) is 0 Å². The van der Waals surface area contributed by atoms with Crippen LogP contribution in [-0.2, 0) is 16.8 Å². The minimum atomic E-state index is -1.08. The molecule has 1 aliphatic heterocycles. The molecule has 0 aromatic heterocycles. The Labute approximate surface area is 208 Å². The molecule has 0 amide bonds. The normalized spacial score (nSPS) is 17.1. The molecule has 0 radical (unpaired) electrons. The van der Waals surface area contributed by atoms with E-state index in [1.807, 2.05) is 49.4 Å². The van der Waals surface area contributed by atoms with Gasteiger partial charge in [0.25, 0.3) is 0 Å². The highest BCUT2D eigenvalue weighted by Gasteiger charge is 2.40. The second kappa shape index (κ2) is 11.9. The minimum Gasteiger partial charge on any atom is -0.494 e. The van der Waals surface area contributed by atoms with Gasteiger partial charge in [-0.15, -0.1) is 0 Å². The first kappa shape index (κ1) is 24.7. The van der Waals surface area contributed by atoms with Crippen LogP contribution in [0.4, 0.5) is 0 Å². The van der Waals surface area contributed by atoms with Crippen LogP contribution in [0, 0.1) is 0 Å². The summed E-state index contributed by atoms with van der Waals surface area (Å²) in [6, 6.07) is 26.2. The lowest BCUT2D eigenvalue weighted by Gasteiger charge is -2.41. The first-order chi connectivity index (χ1) is 16.6. The monoisotopic (exact) mass is 479 g/mol. The van der Waals surface area contributed by atoms with E-state index < -0.39 is 5.60 Å². The number of morpholine rings is 1. The molecule has 0 unspecified atom stereocenters. The zero-order valence-electron chi connectivity index (χ0n) is 19.8. The largest absolute Gasteiger partial charge is 0.494 e. The fraction of sp³-hybridized carbons (Fsp3) is 0.379. The van der Waals surface area contributed by atoms with Gasteiger partial charge >= 0.3 is 0 Å². The molecule has 0 aliphatic carbocycles. The molecular formula is C29H34ClNO3. The Balaban J connectivity index is 1.72. The second-order valence-corrected chi connectivity index (χ2v) is 9.32. The van der Waals surface area contributed by atoms with Gasteiger partial charge in [-0.25, -0.2) is 0 Å². The van der Waals surface area contributed by atoms with Gasteiger partial charge in [0.15, 0.2) is 0 Å². The van der Waals surface area contributed by atoms with Crippen molar-refractivity contribution >= 4 is 11.6 Å². The van der Waals surface area contributed by atoms with E-state index in [1.165, 1.54) is 5.56 Å². The molecule has 1 heterocycles. The van der Waals surface area contributed by atoms with Crippen LogP contribution in [-0.4, -0.2) is 49.5 Å². The molecule has 3 aromatic carbocycles. The van der Waals surface area contributed by atoms with Gasteiger partial charge in [0.2, 0.25) is 0 Å². The zero-order valence-corrected chi connectivity index (χ0v) is 20.6. The molecule has 0 saturated carbocycles. The summed E-state index contributed by atoms with van der Waals surface area (Å²) in [7, 11) is 0. The Morgan fingerprint density at radius 2 is 1.65 bits per heavy atom. The number of nitrogens with zero attached hydrogens (tertiary/aromatic N) is 1. The predicted molar refractivity (Wildman–Crippen MR) is 138 cm³/mol. The summed E-state index contributed by atoms with van der Waals surface area (Å²) in [6.07, 6.45) is 1.38. The first-order valence-corrected chi connectivity index (χ1v) is 12.5. The molecule has 1 aliphatic rings. The van der Waals surface area contributed by atoms with Crippen LogP contribution < -0.4 is 4.74 Å². The SMILES string of the molecule is CCOc1ccc([C@@](O)(CCc2ccccc2)[C@H](CN2CCOCC2)c2ccc(Cl)cc2)cc1. The van der Waals surface area contributed by atoms with Gasteiger partial charge in [0.05, 0.1) is 25.4 Å². The topological polar surface area (TPSA) is 41.9 Å². The number of ether oxygens (including phenoxy) is 2. The predicted octanol–water partition coefficient (Wildman–Crippen LogP) is 5.68. The van der Waals surface area contributed by atoms with Crippen LogP contribution in [0.5, 0.6) is 5.75 Å². The molecule has 1 N–H and O–H groups in total. The molecule has 180 valence electrons. The summed E-state index contributed by atoms with van der Waals surface area (Å²) in [5.41, 5.74) is 2.13. The van der Waals surface area contributed by atoms with E-state index in [4.69, 9.17) is 21.1 Å². The van der Waals surface area contributed by atoms with Crippen molar-refractivity contribution in [1.29, 1.82) is 0 Å². The molecule has 3 aromatic rings. The Kier molecular flexibility index (Phi) is 8.63. The second-order valence-electron chi connectivity index (χ2n) is 8.88. The molecule has 2 atom stereocenters. The van der Waals surface area contributed by atoms with Crippen molar-refractivity contribution in [2.75, 3.05) is 39.5 Å². The third kappa shape index (κ3) is 6.19. The van der Waals surface area contributed by atoms with Gasteiger partial charge < -0.3 is 14.6 Å². The smallest absolute Gasteiger partial charge is 0.119 e. The summed E-state index contributed by atoms with van der Waals surface area (Å²) in [4.78, 5) is 2.39. The molecular weight excluding hydrogens is 446 g/mol. The van der Waals surface area contributed by atoms with Crippen LogP contribution in [0.2, 0.25) is 5.02 Å². The van der Waals surface area contributed by atoms with E-state index in [-0.39, 0.29) is 5.92 Å². The van der Waals surface area contributed by atoms with Crippen molar-refractivity contribution in [3.05, 3.63) is 101 Å². The van der Waals surface area contributed by atoms with E-state index >= 15 is 0 Å². The fourth-order valence-corrected chi connectivity index (χ4v) is 4.90. The number of halogens is 1. The van der Waals surface area contributed by atoms with Crippen molar-refractivity contribution in [3.8, 4) is 5.75 Å². The maximum Gasteiger partial charge on any atom is 0.119 e. The van der Waals surface area contributed by atoms with Crippen LogP contribution in [0.1, 0.15) is 36.0 Å². The van der Waals surface area contributed by atoms with Crippen molar-refractivity contribution < 1.29 is 14.6 Å². The molecule has 1 fully saturated rings. The minimum absolute atomic E-state index is 0.135. The lowest BCUT2D eigenvalue weighted by molar-refractivity contribution is -0.0279. The zero-order chi connectivity index (χ0) is 23.8. The average Bonchev–Trinajstić information content (AvgIpc) is 2.88. The Morgan fingerprint density at radius 1 is 0.971 bits per heavy atom. The summed E-state index contributed by atoms with van der Waals surface area (Å²) in [5.74, 6) is 0.678. The summed E-state index contributed by atoms with van der Waals surface area (Å²) in [5, 5.41) is 13.2. The van der Waals surface area contributed by atoms with Crippen molar-refractivity contribution in [1.82, 2.24) is 4.90 Å². The van der Waals surface area contributed by atoms with E-state index in [0.717, 1.165) is 56.1 Å². The molecule has 5 heteroatoms. The van der Waals surface area contributed by atoms with Gasteiger partial charge in [-0.2, -0.15) is 0 Å². The van der Waals surface area contributed by atoms with Crippen molar-refractivity contribution in [2.24, 2.45) is 0 Å². The van der Waals surface area contributed by atoms with Crippen LogP contribution in [0.15, 0.2) is 78.9 Å². The highest BCUT2D eigenvalue weighted by Crippen LogP contribution is 2.42. The Bertz CT molecular complexity index is 1000.